The van der Waals surface area contributed by atoms with Crippen LogP contribution in [0.25, 0.3) is 11.3 Å². The van der Waals surface area contributed by atoms with Crippen molar-refractivity contribution in [1.82, 2.24) is 0 Å². The molecule has 1 aromatic heterocycles. The van der Waals surface area contributed by atoms with Crippen LogP contribution in [0.15, 0.2) is 41.0 Å². The maximum Gasteiger partial charge on any atom is 0.133 e. The molecular weight excluding hydrogens is 248 g/mol. The fourth-order valence-corrected chi connectivity index (χ4v) is 2.81. The number of benzene rings is 1. The third-order valence-electron chi connectivity index (χ3n) is 3.87. The highest BCUT2D eigenvalue weighted by atomic mass is 16.3. The maximum atomic E-state index is 9.43. The van der Waals surface area contributed by atoms with Crippen LogP contribution in [0.4, 0.5) is 5.69 Å². The zero-order valence-electron chi connectivity index (χ0n) is 11.5. The normalized spacial score (nSPS) is 15.7. The van der Waals surface area contributed by atoms with Crippen molar-refractivity contribution in [2.45, 2.75) is 25.7 Å². The third kappa shape index (κ3) is 2.55. The SMILES string of the molecule is N#Cc1cc(-c2ccco2)ccc1N1CCCCCC1. The molecule has 0 unspecified atom stereocenters. The van der Waals surface area contributed by atoms with Gasteiger partial charge in [-0.3, -0.25) is 0 Å². The molecule has 0 amide bonds. The summed E-state index contributed by atoms with van der Waals surface area (Å²) in [6, 6.07) is 12.1. The summed E-state index contributed by atoms with van der Waals surface area (Å²) in [5.41, 5.74) is 2.76. The van der Waals surface area contributed by atoms with Gasteiger partial charge in [-0.2, -0.15) is 5.26 Å². The largest absolute Gasteiger partial charge is 0.464 e. The van der Waals surface area contributed by atoms with Crippen molar-refractivity contribution in [3.05, 3.63) is 42.2 Å². The zero-order chi connectivity index (χ0) is 13.8. The van der Waals surface area contributed by atoms with Crippen molar-refractivity contribution >= 4 is 5.69 Å². The van der Waals surface area contributed by atoms with Gasteiger partial charge in [0.2, 0.25) is 0 Å². The molecule has 0 aliphatic carbocycles. The van der Waals surface area contributed by atoms with E-state index >= 15 is 0 Å². The van der Waals surface area contributed by atoms with Crippen LogP contribution in [0.5, 0.6) is 0 Å². The molecule has 20 heavy (non-hydrogen) atoms. The van der Waals surface area contributed by atoms with Gasteiger partial charge in [0.15, 0.2) is 0 Å². The Morgan fingerprint density at radius 2 is 1.85 bits per heavy atom. The van der Waals surface area contributed by atoms with Crippen LogP contribution >= 0.6 is 0 Å². The first kappa shape index (κ1) is 12.8. The summed E-state index contributed by atoms with van der Waals surface area (Å²) in [6.45, 7) is 2.10. The number of anilines is 1. The van der Waals surface area contributed by atoms with E-state index in [2.05, 4.69) is 17.0 Å². The van der Waals surface area contributed by atoms with E-state index < -0.39 is 0 Å². The molecule has 0 N–H and O–H groups in total. The number of furan rings is 1. The van der Waals surface area contributed by atoms with Gasteiger partial charge in [-0.25, -0.2) is 0 Å². The summed E-state index contributed by atoms with van der Waals surface area (Å²) in [5.74, 6) is 0.809. The monoisotopic (exact) mass is 266 g/mol. The van der Waals surface area contributed by atoms with Crippen LogP contribution in [0, 0.1) is 11.3 Å². The highest BCUT2D eigenvalue weighted by Crippen LogP contribution is 2.29. The molecule has 0 spiro atoms. The van der Waals surface area contributed by atoms with Crippen LogP contribution in [0.3, 0.4) is 0 Å². The summed E-state index contributed by atoms with van der Waals surface area (Å²) >= 11 is 0. The van der Waals surface area contributed by atoms with Gasteiger partial charge in [0.1, 0.15) is 11.8 Å². The Hall–Kier alpha value is -2.21. The van der Waals surface area contributed by atoms with E-state index in [9.17, 15) is 5.26 Å². The fraction of sp³-hybridized carbons (Fsp3) is 0.353. The molecule has 3 rings (SSSR count). The molecule has 1 aromatic carbocycles. The van der Waals surface area contributed by atoms with E-state index in [0.29, 0.717) is 0 Å². The van der Waals surface area contributed by atoms with Crippen LogP contribution in [0.2, 0.25) is 0 Å². The second-order valence-corrected chi connectivity index (χ2v) is 5.22. The summed E-state index contributed by atoms with van der Waals surface area (Å²) < 4.78 is 5.40. The molecule has 0 radical (unpaired) electrons. The van der Waals surface area contributed by atoms with Crippen LogP contribution in [-0.2, 0) is 0 Å². The topological polar surface area (TPSA) is 40.2 Å². The van der Waals surface area contributed by atoms with Crippen LogP contribution in [-0.4, -0.2) is 13.1 Å². The molecule has 1 aliphatic heterocycles. The first-order chi connectivity index (χ1) is 9.88. The predicted octanol–water partition coefficient (Wildman–Crippen LogP) is 4.20. The van der Waals surface area contributed by atoms with E-state index in [4.69, 9.17) is 4.42 Å². The summed E-state index contributed by atoms with van der Waals surface area (Å²) in [6.07, 6.45) is 6.67. The molecular formula is C17H18N2O. The minimum atomic E-state index is 0.737. The van der Waals surface area contributed by atoms with Gasteiger partial charge in [-0.1, -0.05) is 12.8 Å². The molecule has 102 valence electrons. The number of nitriles is 1. The van der Waals surface area contributed by atoms with E-state index in [-0.39, 0.29) is 0 Å². The number of nitrogens with zero attached hydrogens (tertiary/aromatic N) is 2. The van der Waals surface area contributed by atoms with Gasteiger partial charge in [0.25, 0.3) is 0 Å². The van der Waals surface area contributed by atoms with Crippen molar-refractivity contribution in [2.75, 3.05) is 18.0 Å². The van der Waals surface area contributed by atoms with Gasteiger partial charge in [0, 0.05) is 18.7 Å². The van der Waals surface area contributed by atoms with E-state index in [1.165, 1.54) is 25.7 Å². The number of rotatable bonds is 2. The molecule has 1 saturated heterocycles. The number of hydrogen-bond acceptors (Lipinski definition) is 3. The van der Waals surface area contributed by atoms with Gasteiger partial charge in [0.05, 0.1) is 17.5 Å². The van der Waals surface area contributed by atoms with E-state index in [1.807, 2.05) is 24.3 Å². The zero-order valence-corrected chi connectivity index (χ0v) is 11.5. The molecule has 3 nitrogen and oxygen atoms in total. The molecule has 0 bridgehead atoms. The average Bonchev–Trinajstić information content (AvgIpc) is 2.89. The minimum absolute atomic E-state index is 0.737. The summed E-state index contributed by atoms with van der Waals surface area (Å²) in [7, 11) is 0. The minimum Gasteiger partial charge on any atom is -0.464 e. The Morgan fingerprint density at radius 3 is 2.50 bits per heavy atom. The second-order valence-electron chi connectivity index (χ2n) is 5.22. The van der Waals surface area contributed by atoms with Crippen molar-refractivity contribution in [2.24, 2.45) is 0 Å². The van der Waals surface area contributed by atoms with E-state index in [0.717, 1.165) is 35.7 Å². The van der Waals surface area contributed by atoms with Crippen molar-refractivity contribution < 1.29 is 4.42 Å². The maximum absolute atomic E-state index is 9.43. The smallest absolute Gasteiger partial charge is 0.133 e. The lowest BCUT2D eigenvalue weighted by Gasteiger charge is -2.24. The van der Waals surface area contributed by atoms with Gasteiger partial charge in [-0.05, 0) is 43.2 Å². The van der Waals surface area contributed by atoms with Gasteiger partial charge < -0.3 is 9.32 Å². The van der Waals surface area contributed by atoms with Crippen LogP contribution in [0.1, 0.15) is 31.2 Å². The Morgan fingerprint density at radius 1 is 1.05 bits per heavy atom. The Labute approximate surface area is 119 Å². The molecule has 3 heteroatoms. The summed E-state index contributed by atoms with van der Waals surface area (Å²) in [5, 5.41) is 9.43. The highest BCUT2D eigenvalue weighted by molar-refractivity contribution is 5.69. The van der Waals surface area contributed by atoms with Crippen molar-refractivity contribution in [3.8, 4) is 17.4 Å². The Balaban J connectivity index is 1.94. The van der Waals surface area contributed by atoms with Gasteiger partial charge >= 0.3 is 0 Å². The lowest BCUT2D eigenvalue weighted by Crippen LogP contribution is -2.24. The molecule has 1 aliphatic rings. The quantitative estimate of drug-likeness (QED) is 0.818. The highest BCUT2D eigenvalue weighted by Gasteiger charge is 2.14. The first-order valence-electron chi connectivity index (χ1n) is 7.21. The molecule has 1 fully saturated rings. The molecule has 0 atom stereocenters. The fourth-order valence-electron chi connectivity index (χ4n) is 2.81. The third-order valence-corrected chi connectivity index (χ3v) is 3.87. The average molecular weight is 266 g/mol. The van der Waals surface area contributed by atoms with Crippen LogP contribution < -0.4 is 4.90 Å². The lowest BCUT2D eigenvalue weighted by atomic mass is 10.1. The molecule has 2 aromatic rings. The van der Waals surface area contributed by atoms with Crippen molar-refractivity contribution in [1.29, 1.82) is 5.26 Å². The van der Waals surface area contributed by atoms with Crippen molar-refractivity contribution in [3.63, 3.8) is 0 Å². The predicted molar refractivity (Wildman–Crippen MR) is 79.5 cm³/mol. The van der Waals surface area contributed by atoms with E-state index in [1.54, 1.807) is 6.26 Å². The first-order valence-corrected chi connectivity index (χ1v) is 7.21. The Kier molecular flexibility index (Phi) is 3.73. The lowest BCUT2D eigenvalue weighted by molar-refractivity contribution is 0.582. The summed E-state index contributed by atoms with van der Waals surface area (Å²) in [4.78, 5) is 2.34. The number of hydrogen-bond donors (Lipinski definition) is 0. The standard InChI is InChI=1S/C17H18N2O/c18-13-15-12-14(17-6-5-11-20-17)7-8-16(15)19-9-3-1-2-4-10-19/h5-8,11-12H,1-4,9-10H2. The van der Waals surface area contributed by atoms with Gasteiger partial charge in [-0.15, -0.1) is 0 Å². The second kappa shape index (κ2) is 5.83. The molecule has 0 saturated carbocycles. The Bertz CT molecular complexity index is 602. The molecule has 2 heterocycles.